The number of hydrogen-bond donors (Lipinski definition) is 0. The number of hydrogen-bond acceptors (Lipinski definition) is 3. The fourth-order valence-corrected chi connectivity index (χ4v) is 1.57. The van der Waals surface area contributed by atoms with Crippen LogP contribution in [-0.2, 0) is 11.3 Å². The minimum absolute atomic E-state index is 0.139. The van der Waals surface area contributed by atoms with Gasteiger partial charge in [-0.15, -0.1) is 0 Å². The number of rotatable bonds is 4. The SMILES string of the molecule is CCN(C(=O)Cn1cncn1)C1CC1. The summed E-state index contributed by atoms with van der Waals surface area (Å²) in [5.41, 5.74) is 0. The number of nitrogens with zero attached hydrogens (tertiary/aromatic N) is 4. The highest BCUT2D eigenvalue weighted by Crippen LogP contribution is 2.26. The van der Waals surface area contributed by atoms with Crippen LogP contribution in [0, 0.1) is 0 Å². The van der Waals surface area contributed by atoms with Crippen molar-refractivity contribution in [2.45, 2.75) is 32.4 Å². The lowest BCUT2D eigenvalue weighted by atomic mass is 10.4. The van der Waals surface area contributed by atoms with Gasteiger partial charge in [-0.3, -0.25) is 4.79 Å². The van der Waals surface area contributed by atoms with E-state index in [1.54, 1.807) is 11.0 Å². The summed E-state index contributed by atoms with van der Waals surface area (Å²) >= 11 is 0. The van der Waals surface area contributed by atoms with Crippen molar-refractivity contribution in [2.24, 2.45) is 0 Å². The fourth-order valence-electron chi connectivity index (χ4n) is 1.57. The Hall–Kier alpha value is -1.39. The first kappa shape index (κ1) is 9.18. The highest BCUT2D eigenvalue weighted by Gasteiger charge is 2.31. The highest BCUT2D eigenvalue weighted by atomic mass is 16.2. The molecule has 14 heavy (non-hydrogen) atoms. The van der Waals surface area contributed by atoms with Gasteiger partial charge in [0.05, 0.1) is 0 Å². The molecule has 0 N–H and O–H groups in total. The molecule has 0 spiro atoms. The summed E-state index contributed by atoms with van der Waals surface area (Å²) in [6.45, 7) is 3.11. The van der Waals surface area contributed by atoms with Gasteiger partial charge in [0.15, 0.2) is 0 Å². The largest absolute Gasteiger partial charge is 0.338 e. The third-order valence-corrected chi connectivity index (χ3v) is 2.41. The van der Waals surface area contributed by atoms with Gasteiger partial charge < -0.3 is 4.90 Å². The van der Waals surface area contributed by atoms with E-state index in [0.29, 0.717) is 12.6 Å². The second kappa shape index (κ2) is 3.77. The second-order valence-corrected chi connectivity index (χ2v) is 3.50. The number of likely N-dealkylation sites (N-methyl/N-ethyl adjacent to an activating group) is 1. The summed E-state index contributed by atoms with van der Waals surface area (Å²) in [5, 5.41) is 3.91. The molecule has 0 aliphatic heterocycles. The Morgan fingerprint density at radius 1 is 1.64 bits per heavy atom. The lowest BCUT2D eigenvalue weighted by Crippen LogP contribution is -2.35. The molecule has 5 nitrogen and oxygen atoms in total. The molecule has 1 aliphatic rings. The van der Waals surface area contributed by atoms with Crippen molar-refractivity contribution in [1.82, 2.24) is 19.7 Å². The predicted octanol–water partition coefficient (Wildman–Crippen LogP) is 0.289. The molecule has 1 amide bonds. The normalized spacial score (nSPS) is 15.5. The van der Waals surface area contributed by atoms with E-state index in [1.165, 1.54) is 6.33 Å². The van der Waals surface area contributed by atoms with Gasteiger partial charge in [0.1, 0.15) is 19.2 Å². The Balaban J connectivity index is 1.93. The molecule has 0 atom stereocenters. The van der Waals surface area contributed by atoms with Gasteiger partial charge in [-0.05, 0) is 19.8 Å². The van der Waals surface area contributed by atoms with Gasteiger partial charge in [0, 0.05) is 12.6 Å². The molecular formula is C9H14N4O. The van der Waals surface area contributed by atoms with Crippen molar-refractivity contribution in [3.63, 3.8) is 0 Å². The predicted molar refractivity (Wildman–Crippen MR) is 50.4 cm³/mol. The molecule has 2 rings (SSSR count). The van der Waals surface area contributed by atoms with Crippen LogP contribution < -0.4 is 0 Å². The van der Waals surface area contributed by atoms with Crippen molar-refractivity contribution >= 4 is 5.91 Å². The summed E-state index contributed by atoms with van der Waals surface area (Å²) in [4.78, 5) is 17.5. The molecule has 1 aromatic rings. The first-order valence-corrected chi connectivity index (χ1v) is 4.93. The van der Waals surface area contributed by atoms with E-state index in [2.05, 4.69) is 10.1 Å². The summed E-state index contributed by atoms with van der Waals surface area (Å²) in [7, 11) is 0. The average Bonchev–Trinajstić information content (AvgIpc) is 2.86. The highest BCUT2D eigenvalue weighted by molar-refractivity contribution is 5.76. The molecule has 0 radical (unpaired) electrons. The van der Waals surface area contributed by atoms with Crippen molar-refractivity contribution < 1.29 is 4.79 Å². The van der Waals surface area contributed by atoms with Crippen molar-refractivity contribution in [2.75, 3.05) is 6.54 Å². The zero-order valence-electron chi connectivity index (χ0n) is 8.26. The third kappa shape index (κ3) is 1.92. The molecule has 0 bridgehead atoms. The number of amides is 1. The van der Waals surface area contributed by atoms with Gasteiger partial charge in [-0.2, -0.15) is 5.10 Å². The standard InChI is InChI=1S/C9H14N4O/c1-2-13(8-3-4-8)9(14)5-12-7-10-6-11-12/h6-8H,2-5H2,1H3. The van der Waals surface area contributed by atoms with Crippen LogP contribution >= 0.6 is 0 Å². The van der Waals surface area contributed by atoms with Gasteiger partial charge >= 0.3 is 0 Å². The van der Waals surface area contributed by atoms with E-state index in [-0.39, 0.29) is 5.91 Å². The Bertz CT molecular complexity index is 305. The smallest absolute Gasteiger partial charge is 0.244 e. The molecule has 76 valence electrons. The van der Waals surface area contributed by atoms with Gasteiger partial charge in [-0.25, -0.2) is 9.67 Å². The molecule has 5 heteroatoms. The maximum atomic E-state index is 11.8. The minimum atomic E-state index is 0.139. The number of carbonyl (C=O) groups is 1. The van der Waals surface area contributed by atoms with E-state index >= 15 is 0 Å². The summed E-state index contributed by atoms with van der Waals surface area (Å²) in [6.07, 6.45) is 5.31. The first-order chi connectivity index (χ1) is 6.81. The quantitative estimate of drug-likeness (QED) is 0.692. The molecule has 0 unspecified atom stereocenters. The van der Waals surface area contributed by atoms with E-state index in [4.69, 9.17) is 0 Å². The van der Waals surface area contributed by atoms with Crippen LogP contribution in [-0.4, -0.2) is 38.2 Å². The Kier molecular flexibility index (Phi) is 2.47. The average molecular weight is 194 g/mol. The monoisotopic (exact) mass is 194 g/mol. The molecule has 1 saturated carbocycles. The topological polar surface area (TPSA) is 51.0 Å². The Labute approximate surface area is 82.7 Å². The van der Waals surface area contributed by atoms with Crippen LogP contribution in [0.1, 0.15) is 19.8 Å². The molecule has 0 aromatic carbocycles. The minimum Gasteiger partial charge on any atom is -0.338 e. The fraction of sp³-hybridized carbons (Fsp3) is 0.667. The zero-order chi connectivity index (χ0) is 9.97. The van der Waals surface area contributed by atoms with Gasteiger partial charge in [-0.1, -0.05) is 0 Å². The first-order valence-electron chi connectivity index (χ1n) is 4.93. The summed E-state index contributed by atoms with van der Waals surface area (Å²) in [6, 6.07) is 0.482. The number of aromatic nitrogens is 3. The van der Waals surface area contributed by atoms with Crippen LogP contribution in [0.25, 0.3) is 0 Å². The maximum Gasteiger partial charge on any atom is 0.244 e. The van der Waals surface area contributed by atoms with Crippen LogP contribution in [0.15, 0.2) is 12.7 Å². The lowest BCUT2D eigenvalue weighted by Gasteiger charge is -2.19. The van der Waals surface area contributed by atoms with Crippen molar-refractivity contribution in [3.05, 3.63) is 12.7 Å². The van der Waals surface area contributed by atoms with E-state index < -0.39 is 0 Å². The third-order valence-electron chi connectivity index (χ3n) is 2.41. The molecule has 1 aliphatic carbocycles. The van der Waals surface area contributed by atoms with Crippen LogP contribution in [0.3, 0.4) is 0 Å². The molecule has 1 heterocycles. The van der Waals surface area contributed by atoms with Crippen LogP contribution in [0.2, 0.25) is 0 Å². The van der Waals surface area contributed by atoms with Crippen LogP contribution in [0.4, 0.5) is 0 Å². The van der Waals surface area contributed by atoms with Gasteiger partial charge in [0.25, 0.3) is 0 Å². The van der Waals surface area contributed by atoms with E-state index in [1.807, 2.05) is 11.8 Å². The van der Waals surface area contributed by atoms with Crippen molar-refractivity contribution in [1.29, 1.82) is 0 Å². The summed E-state index contributed by atoms with van der Waals surface area (Å²) in [5.74, 6) is 0.139. The molecule has 1 aromatic heterocycles. The molecule has 0 saturated heterocycles. The van der Waals surface area contributed by atoms with E-state index in [9.17, 15) is 4.79 Å². The number of carbonyl (C=O) groups excluding carboxylic acids is 1. The zero-order valence-corrected chi connectivity index (χ0v) is 8.26. The van der Waals surface area contributed by atoms with Gasteiger partial charge in [0.2, 0.25) is 5.91 Å². The Morgan fingerprint density at radius 3 is 2.93 bits per heavy atom. The molecular weight excluding hydrogens is 180 g/mol. The molecule has 1 fully saturated rings. The van der Waals surface area contributed by atoms with Crippen LogP contribution in [0.5, 0.6) is 0 Å². The van der Waals surface area contributed by atoms with E-state index in [0.717, 1.165) is 19.4 Å². The second-order valence-electron chi connectivity index (χ2n) is 3.50. The summed E-state index contributed by atoms with van der Waals surface area (Å²) < 4.78 is 1.56. The maximum absolute atomic E-state index is 11.8. The van der Waals surface area contributed by atoms with Crippen molar-refractivity contribution in [3.8, 4) is 0 Å². The lowest BCUT2D eigenvalue weighted by molar-refractivity contribution is -0.132. The Morgan fingerprint density at radius 2 is 2.43 bits per heavy atom.